The molecule has 0 saturated carbocycles. The first-order valence-corrected chi connectivity index (χ1v) is 7.61. The standard InChI is InChI=1S/C14H18N2O3S/c1-9-4-5-12(11(7-9)13(17)18)16-14(19)15-8-10-3-2-6-20-10/h4-5,7,10H,2-3,6,8H2,1H3,(H,17,18)(H2,15,16,19). The van der Waals surface area contributed by atoms with Crippen LogP contribution in [0.3, 0.4) is 0 Å². The fourth-order valence-electron chi connectivity index (χ4n) is 2.12. The van der Waals surface area contributed by atoms with Gasteiger partial charge in [0.25, 0.3) is 0 Å². The summed E-state index contributed by atoms with van der Waals surface area (Å²) in [7, 11) is 0. The first-order chi connectivity index (χ1) is 9.56. The highest BCUT2D eigenvalue weighted by molar-refractivity contribution is 8.00. The number of aromatic carboxylic acids is 1. The Bertz CT molecular complexity index is 513. The Labute approximate surface area is 122 Å². The number of carbonyl (C=O) groups is 2. The minimum atomic E-state index is -1.05. The third kappa shape index (κ3) is 3.90. The average Bonchev–Trinajstić information content (AvgIpc) is 2.91. The van der Waals surface area contributed by atoms with Gasteiger partial charge in [0.05, 0.1) is 11.3 Å². The normalized spacial score (nSPS) is 17.8. The van der Waals surface area contributed by atoms with Crippen molar-refractivity contribution >= 4 is 29.4 Å². The third-order valence-corrected chi connectivity index (χ3v) is 4.57. The van der Waals surface area contributed by atoms with Gasteiger partial charge in [-0.15, -0.1) is 0 Å². The van der Waals surface area contributed by atoms with Gasteiger partial charge in [-0.05, 0) is 37.7 Å². The molecule has 1 fully saturated rings. The van der Waals surface area contributed by atoms with Crippen LogP contribution in [0.5, 0.6) is 0 Å². The van der Waals surface area contributed by atoms with Crippen LogP contribution in [-0.2, 0) is 0 Å². The Morgan fingerprint density at radius 1 is 1.45 bits per heavy atom. The molecule has 1 aromatic carbocycles. The monoisotopic (exact) mass is 294 g/mol. The van der Waals surface area contributed by atoms with Crippen molar-refractivity contribution in [2.45, 2.75) is 25.0 Å². The Kier molecular flexibility index (Phi) is 4.89. The lowest BCUT2D eigenvalue weighted by Gasteiger charge is -2.13. The second-order valence-corrected chi connectivity index (χ2v) is 6.23. The molecule has 1 aliphatic rings. The van der Waals surface area contributed by atoms with Crippen LogP contribution in [0.4, 0.5) is 10.5 Å². The maximum absolute atomic E-state index is 11.8. The summed E-state index contributed by atoms with van der Waals surface area (Å²) < 4.78 is 0. The van der Waals surface area contributed by atoms with Crippen LogP contribution in [0.1, 0.15) is 28.8 Å². The molecule has 1 aromatic rings. The van der Waals surface area contributed by atoms with Crippen molar-refractivity contribution < 1.29 is 14.7 Å². The van der Waals surface area contributed by atoms with Crippen molar-refractivity contribution in [3.63, 3.8) is 0 Å². The molecule has 5 nitrogen and oxygen atoms in total. The van der Waals surface area contributed by atoms with Gasteiger partial charge in [-0.1, -0.05) is 11.6 Å². The molecule has 0 spiro atoms. The fourth-order valence-corrected chi connectivity index (χ4v) is 3.32. The number of carbonyl (C=O) groups excluding carboxylic acids is 1. The lowest BCUT2D eigenvalue weighted by atomic mass is 10.1. The molecular formula is C14H18N2O3S. The lowest BCUT2D eigenvalue weighted by molar-refractivity contribution is 0.0698. The molecule has 2 amide bonds. The van der Waals surface area contributed by atoms with E-state index in [1.54, 1.807) is 18.2 Å². The first kappa shape index (κ1) is 14.7. The highest BCUT2D eigenvalue weighted by atomic mass is 32.2. The van der Waals surface area contributed by atoms with E-state index in [2.05, 4.69) is 10.6 Å². The lowest BCUT2D eigenvalue weighted by Crippen LogP contribution is -2.33. The smallest absolute Gasteiger partial charge is 0.337 e. The van der Waals surface area contributed by atoms with Gasteiger partial charge in [0.1, 0.15) is 0 Å². The van der Waals surface area contributed by atoms with E-state index < -0.39 is 5.97 Å². The zero-order valence-electron chi connectivity index (χ0n) is 11.3. The Balaban J connectivity index is 1.94. The number of hydrogen-bond donors (Lipinski definition) is 3. The van der Waals surface area contributed by atoms with Gasteiger partial charge in [0, 0.05) is 11.8 Å². The molecule has 0 bridgehead atoms. The Morgan fingerprint density at radius 3 is 2.90 bits per heavy atom. The number of benzene rings is 1. The van der Waals surface area contributed by atoms with Crippen molar-refractivity contribution in [1.29, 1.82) is 0 Å². The van der Waals surface area contributed by atoms with E-state index in [-0.39, 0.29) is 11.6 Å². The summed E-state index contributed by atoms with van der Waals surface area (Å²) in [6.45, 7) is 2.43. The first-order valence-electron chi connectivity index (χ1n) is 6.56. The number of amides is 2. The van der Waals surface area contributed by atoms with E-state index in [4.69, 9.17) is 5.11 Å². The third-order valence-electron chi connectivity index (χ3n) is 3.17. The summed E-state index contributed by atoms with van der Waals surface area (Å²) >= 11 is 1.86. The maximum atomic E-state index is 11.8. The number of anilines is 1. The van der Waals surface area contributed by atoms with E-state index in [0.29, 0.717) is 17.5 Å². The van der Waals surface area contributed by atoms with E-state index in [9.17, 15) is 9.59 Å². The van der Waals surface area contributed by atoms with E-state index >= 15 is 0 Å². The zero-order valence-corrected chi connectivity index (χ0v) is 12.1. The number of urea groups is 1. The molecular weight excluding hydrogens is 276 g/mol. The number of hydrogen-bond acceptors (Lipinski definition) is 3. The molecule has 3 N–H and O–H groups in total. The largest absolute Gasteiger partial charge is 0.478 e. The maximum Gasteiger partial charge on any atom is 0.337 e. The highest BCUT2D eigenvalue weighted by Gasteiger charge is 2.17. The molecule has 2 rings (SSSR count). The summed E-state index contributed by atoms with van der Waals surface area (Å²) in [6.07, 6.45) is 2.32. The van der Waals surface area contributed by atoms with Gasteiger partial charge in [0.15, 0.2) is 0 Å². The molecule has 0 aromatic heterocycles. The second-order valence-electron chi connectivity index (χ2n) is 4.82. The van der Waals surface area contributed by atoms with Crippen LogP contribution in [0.15, 0.2) is 18.2 Å². The molecule has 0 radical (unpaired) electrons. The van der Waals surface area contributed by atoms with E-state index in [0.717, 1.165) is 17.7 Å². The van der Waals surface area contributed by atoms with Crippen molar-refractivity contribution in [2.24, 2.45) is 0 Å². The minimum Gasteiger partial charge on any atom is -0.478 e. The van der Waals surface area contributed by atoms with Crippen LogP contribution in [-0.4, -0.2) is 34.7 Å². The van der Waals surface area contributed by atoms with Gasteiger partial charge in [-0.25, -0.2) is 9.59 Å². The summed E-state index contributed by atoms with van der Waals surface area (Å²) in [5.74, 6) is 0.102. The fraction of sp³-hybridized carbons (Fsp3) is 0.429. The van der Waals surface area contributed by atoms with Gasteiger partial charge >= 0.3 is 12.0 Å². The van der Waals surface area contributed by atoms with Crippen molar-refractivity contribution in [2.75, 3.05) is 17.6 Å². The molecule has 108 valence electrons. The van der Waals surface area contributed by atoms with Crippen LogP contribution in [0.2, 0.25) is 0 Å². The molecule has 1 unspecified atom stereocenters. The summed E-state index contributed by atoms with van der Waals surface area (Å²) in [5, 5.41) is 15.0. The summed E-state index contributed by atoms with van der Waals surface area (Å²) in [4.78, 5) is 23.0. The van der Waals surface area contributed by atoms with Crippen molar-refractivity contribution in [1.82, 2.24) is 5.32 Å². The number of nitrogens with one attached hydrogen (secondary N) is 2. The molecule has 1 atom stereocenters. The van der Waals surface area contributed by atoms with Crippen LogP contribution < -0.4 is 10.6 Å². The number of aryl methyl sites for hydroxylation is 1. The Hall–Kier alpha value is -1.69. The summed E-state index contributed by atoms with van der Waals surface area (Å²) in [5.41, 5.74) is 1.27. The van der Waals surface area contributed by atoms with Gasteiger partial charge in [-0.2, -0.15) is 11.8 Å². The SMILES string of the molecule is Cc1ccc(NC(=O)NCC2CCCS2)c(C(=O)O)c1. The van der Waals surface area contributed by atoms with Crippen molar-refractivity contribution in [3.8, 4) is 0 Å². The minimum absolute atomic E-state index is 0.107. The van der Waals surface area contributed by atoms with Crippen LogP contribution in [0, 0.1) is 6.92 Å². The van der Waals surface area contributed by atoms with Crippen molar-refractivity contribution in [3.05, 3.63) is 29.3 Å². The zero-order chi connectivity index (χ0) is 14.5. The van der Waals surface area contributed by atoms with Gasteiger partial charge in [0.2, 0.25) is 0 Å². The Morgan fingerprint density at radius 2 is 2.25 bits per heavy atom. The summed E-state index contributed by atoms with van der Waals surface area (Å²) in [6, 6.07) is 4.58. The molecule has 1 saturated heterocycles. The molecule has 0 aliphatic carbocycles. The number of thioether (sulfide) groups is 1. The van der Waals surface area contributed by atoms with E-state index in [1.165, 1.54) is 6.42 Å². The van der Waals surface area contributed by atoms with E-state index in [1.807, 2.05) is 18.7 Å². The van der Waals surface area contributed by atoms with Gasteiger partial charge < -0.3 is 15.7 Å². The number of carboxylic acid groups (broad SMARTS) is 1. The quantitative estimate of drug-likeness (QED) is 0.798. The predicted molar refractivity (Wildman–Crippen MR) is 80.6 cm³/mol. The molecule has 20 heavy (non-hydrogen) atoms. The van der Waals surface area contributed by atoms with Crippen LogP contribution >= 0.6 is 11.8 Å². The number of rotatable bonds is 4. The number of carboxylic acids is 1. The molecule has 6 heteroatoms. The molecule has 1 aliphatic heterocycles. The van der Waals surface area contributed by atoms with Crippen LogP contribution in [0.25, 0.3) is 0 Å². The average molecular weight is 294 g/mol. The molecule has 1 heterocycles. The predicted octanol–water partition coefficient (Wildman–Crippen LogP) is 2.71. The second kappa shape index (κ2) is 6.65. The van der Waals surface area contributed by atoms with Gasteiger partial charge in [-0.3, -0.25) is 0 Å². The topological polar surface area (TPSA) is 78.4 Å². The highest BCUT2D eigenvalue weighted by Crippen LogP contribution is 2.25.